The summed E-state index contributed by atoms with van der Waals surface area (Å²) in [6.45, 7) is 1.90. The highest BCUT2D eigenvalue weighted by Gasteiger charge is 2.11. The highest BCUT2D eigenvalue weighted by Crippen LogP contribution is 2.33. The lowest BCUT2D eigenvalue weighted by atomic mass is 10.2. The molecule has 124 valence electrons. The molecular weight excluding hydrogens is 348 g/mol. The van der Waals surface area contributed by atoms with Crippen LogP contribution in [0.3, 0.4) is 0 Å². The fourth-order valence-electron chi connectivity index (χ4n) is 2.10. The third kappa shape index (κ3) is 3.76. The van der Waals surface area contributed by atoms with Crippen molar-refractivity contribution in [3.8, 4) is 5.75 Å². The maximum absolute atomic E-state index is 12.0. The van der Waals surface area contributed by atoms with Gasteiger partial charge in [-0.25, -0.2) is 10.8 Å². The molecule has 0 bridgehead atoms. The Hall–Kier alpha value is -2.35. The number of nitrogens with two attached hydrogens (primary N) is 1. The van der Waals surface area contributed by atoms with Crippen molar-refractivity contribution in [3.63, 3.8) is 0 Å². The largest absolute Gasteiger partial charge is 0.484 e. The number of carbonyl (C=O) groups excluding carboxylic acids is 1. The van der Waals surface area contributed by atoms with Gasteiger partial charge in [-0.05, 0) is 31.2 Å². The Morgan fingerprint density at radius 2 is 2.08 bits per heavy atom. The number of nitrogen functional groups attached to an aromatic ring is 1. The normalized spacial score (nSPS) is 10.6. The molecule has 4 N–H and O–H groups in total. The van der Waals surface area contributed by atoms with Crippen molar-refractivity contribution in [2.24, 2.45) is 5.84 Å². The summed E-state index contributed by atoms with van der Waals surface area (Å²) in [4.78, 5) is 16.3. The van der Waals surface area contributed by atoms with E-state index >= 15 is 0 Å². The monoisotopic (exact) mass is 362 g/mol. The number of fused-ring (bicyclic) bond motifs is 1. The molecule has 0 radical (unpaired) electrons. The SMILES string of the molecule is Cc1ccc(OCC(=O)Nc2cc(Cl)c3nc(NN)sc3c2)cc1. The molecule has 0 aliphatic heterocycles. The number of hydrogen-bond donors (Lipinski definition) is 3. The molecule has 1 amide bonds. The maximum Gasteiger partial charge on any atom is 0.262 e. The van der Waals surface area contributed by atoms with Gasteiger partial charge in [-0.3, -0.25) is 10.2 Å². The first-order chi connectivity index (χ1) is 11.5. The Bertz CT molecular complexity index is 880. The third-order valence-corrected chi connectivity index (χ3v) is 4.47. The number of nitrogens with zero attached hydrogens (tertiary/aromatic N) is 1. The predicted molar refractivity (Wildman–Crippen MR) is 97.7 cm³/mol. The Kier molecular flexibility index (Phi) is 4.84. The van der Waals surface area contributed by atoms with Gasteiger partial charge in [0.25, 0.3) is 5.91 Å². The highest BCUT2D eigenvalue weighted by molar-refractivity contribution is 7.22. The molecule has 1 heterocycles. The molecule has 3 aromatic rings. The number of aromatic nitrogens is 1. The van der Waals surface area contributed by atoms with Crippen molar-refractivity contribution in [2.45, 2.75) is 6.92 Å². The summed E-state index contributed by atoms with van der Waals surface area (Å²) in [5.41, 5.74) is 4.84. The van der Waals surface area contributed by atoms with Crippen LogP contribution in [0.15, 0.2) is 36.4 Å². The topological polar surface area (TPSA) is 89.3 Å². The summed E-state index contributed by atoms with van der Waals surface area (Å²) in [7, 11) is 0. The van der Waals surface area contributed by atoms with Crippen LogP contribution in [0.25, 0.3) is 10.2 Å². The van der Waals surface area contributed by atoms with E-state index in [2.05, 4.69) is 15.7 Å². The van der Waals surface area contributed by atoms with Gasteiger partial charge in [0.2, 0.25) is 0 Å². The molecular formula is C16H15ClN4O2S. The van der Waals surface area contributed by atoms with E-state index in [-0.39, 0.29) is 12.5 Å². The zero-order chi connectivity index (χ0) is 17.1. The summed E-state index contributed by atoms with van der Waals surface area (Å²) in [6.07, 6.45) is 0. The van der Waals surface area contributed by atoms with Gasteiger partial charge in [0.05, 0.1) is 9.72 Å². The number of hydrogen-bond acceptors (Lipinski definition) is 6. The zero-order valence-corrected chi connectivity index (χ0v) is 14.4. The van der Waals surface area contributed by atoms with Gasteiger partial charge in [0.15, 0.2) is 11.7 Å². The zero-order valence-electron chi connectivity index (χ0n) is 12.8. The number of ether oxygens (including phenoxy) is 1. The molecule has 0 saturated carbocycles. The van der Waals surface area contributed by atoms with E-state index in [4.69, 9.17) is 22.2 Å². The number of halogens is 1. The van der Waals surface area contributed by atoms with Gasteiger partial charge in [-0.15, -0.1) is 0 Å². The van der Waals surface area contributed by atoms with E-state index in [1.165, 1.54) is 11.3 Å². The number of aryl methyl sites for hydroxylation is 1. The van der Waals surface area contributed by atoms with Crippen molar-refractivity contribution in [3.05, 3.63) is 47.0 Å². The quantitative estimate of drug-likeness (QED) is 0.477. The number of rotatable bonds is 5. The van der Waals surface area contributed by atoms with E-state index in [9.17, 15) is 4.79 Å². The van der Waals surface area contributed by atoms with Gasteiger partial charge < -0.3 is 10.1 Å². The summed E-state index contributed by atoms with van der Waals surface area (Å²) in [5, 5.41) is 3.76. The van der Waals surface area contributed by atoms with E-state index < -0.39 is 0 Å². The number of benzene rings is 2. The minimum Gasteiger partial charge on any atom is -0.484 e. The molecule has 0 aliphatic rings. The molecule has 0 saturated heterocycles. The first-order valence-corrected chi connectivity index (χ1v) is 8.30. The molecule has 3 rings (SSSR count). The molecule has 8 heteroatoms. The van der Waals surface area contributed by atoms with Crippen molar-refractivity contribution in [1.82, 2.24) is 4.98 Å². The summed E-state index contributed by atoms with van der Waals surface area (Å²) >= 11 is 7.55. The second-order valence-electron chi connectivity index (χ2n) is 5.12. The molecule has 0 unspecified atom stereocenters. The average Bonchev–Trinajstić information content (AvgIpc) is 2.98. The maximum atomic E-state index is 12.0. The minimum absolute atomic E-state index is 0.0863. The third-order valence-electron chi connectivity index (χ3n) is 3.25. The Balaban J connectivity index is 1.67. The number of amides is 1. The van der Waals surface area contributed by atoms with Crippen LogP contribution < -0.4 is 21.3 Å². The second-order valence-corrected chi connectivity index (χ2v) is 6.56. The van der Waals surface area contributed by atoms with E-state index in [0.717, 1.165) is 10.3 Å². The molecule has 2 aromatic carbocycles. The molecule has 0 spiro atoms. The molecule has 1 aromatic heterocycles. The van der Waals surface area contributed by atoms with Crippen LogP contribution in [0.2, 0.25) is 5.02 Å². The minimum atomic E-state index is -0.271. The van der Waals surface area contributed by atoms with Crippen LogP contribution >= 0.6 is 22.9 Å². The van der Waals surface area contributed by atoms with Crippen molar-refractivity contribution >= 4 is 49.9 Å². The molecule has 6 nitrogen and oxygen atoms in total. The summed E-state index contributed by atoms with van der Waals surface area (Å²) < 4.78 is 6.28. The Labute approximate surface area is 147 Å². The molecule has 0 atom stereocenters. The van der Waals surface area contributed by atoms with Crippen LogP contribution in [0.5, 0.6) is 5.75 Å². The first-order valence-electron chi connectivity index (χ1n) is 7.11. The lowest BCUT2D eigenvalue weighted by molar-refractivity contribution is -0.118. The van der Waals surface area contributed by atoms with Crippen LogP contribution in [-0.2, 0) is 4.79 Å². The van der Waals surface area contributed by atoms with Gasteiger partial charge in [-0.1, -0.05) is 40.6 Å². The smallest absolute Gasteiger partial charge is 0.262 e. The van der Waals surface area contributed by atoms with Gasteiger partial charge >= 0.3 is 0 Å². The Morgan fingerprint density at radius 1 is 1.33 bits per heavy atom. The van der Waals surface area contributed by atoms with Crippen molar-refractivity contribution in [2.75, 3.05) is 17.3 Å². The van der Waals surface area contributed by atoms with Crippen LogP contribution in [0.1, 0.15) is 5.56 Å². The first kappa shape index (κ1) is 16.5. The second kappa shape index (κ2) is 7.04. The summed E-state index contributed by atoms with van der Waals surface area (Å²) in [6, 6.07) is 10.9. The number of anilines is 2. The molecule has 0 aliphatic carbocycles. The van der Waals surface area contributed by atoms with E-state index in [1.54, 1.807) is 12.1 Å². The van der Waals surface area contributed by atoms with Gasteiger partial charge in [0, 0.05) is 5.69 Å². The Morgan fingerprint density at radius 3 is 2.79 bits per heavy atom. The van der Waals surface area contributed by atoms with Crippen LogP contribution in [-0.4, -0.2) is 17.5 Å². The van der Waals surface area contributed by atoms with E-state index in [1.807, 2.05) is 31.2 Å². The average molecular weight is 363 g/mol. The lowest BCUT2D eigenvalue weighted by Crippen LogP contribution is -2.20. The number of nitrogens with one attached hydrogen (secondary N) is 2. The standard InChI is InChI=1S/C16H15ClN4O2S/c1-9-2-4-11(5-3-9)23-8-14(22)19-10-6-12(17)15-13(7-10)24-16(20-15)21-18/h2-7H,8,18H2,1H3,(H,19,22)(H,20,21). The highest BCUT2D eigenvalue weighted by atomic mass is 35.5. The molecule has 24 heavy (non-hydrogen) atoms. The van der Waals surface area contributed by atoms with E-state index in [0.29, 0.717) is 27.1 Å². The number of hydrazine groups is 1. The molecule has 0 fully saturated rings. The number of thiazole rings is 1. The van der Waals surface area contributed by atoms with Crippen molar-refractivity contribution in [1.29, 1.82) is 0 Å². The predicted octanol–water partition coefficient (Wildman–Crippen LogP) is 3.56. The summed E-state index contributed by atoms with van der Waals surface area (Å²) in [5.74, 6) is 5.73. The lowest BCUT2D eigenvalue weighted by Gasteiger charge is -2.08. The van der Waals surface area contributed by atoms with Crippen LogP contribution in [0.4, 0.5) is 10.8 Å². The fourth-order valence-corrected chi connectivity index (χ4v) is 3.26. The van der Waals surface area contributed by atoms with Gasteiger partial charge in [0.1, 0.15) is 11.3 Å². The van der Waals surface area contributed by atoms with Crippen molar-refractivity contribution < 1.29 is 9.53 Å². The fraction of sp³-hybridized carbons (Fsp3) is 0.125. The van der Waals surface area contributed by atoms with Gasteiger partial charge in [-0.2, -0.15) is 0 Å². The number of carbonyl (C=O) groups is 1. The van der Waals surface area contributed by atoms with Crippen LogP contribution in [0, 0.1) is 6.92 Å².